The van der Waals surface area contributed by atoms with Crippen LogP contribution >= 0.6 is 9.24 Å². The van der Waals surface area contributed by atoms with E-state index in [0.29, 0.717) is 5.56 Å². The summed E-state index contributed by atoms with van der Waals surface area (Å²) in [5.41, 5.74) is 0.697. The summed E-state index contributed by atoms with van der Waals surface area (Å²) < 4.78 is 12.5. The molecule has 1 rings (SSSR count). The molecule has 0 saturated heterocycles. The number of rotatable bonds is 0. The summed E-state index contributed by atoms with van der Waals surface area (Å²) in [4.78, 5) is 0. The lowest BCUT2D eigenvalue weighted by Crippen LogP contribution is -1.92. The second-order valence-electron chi connectivity index (χ2n) is 2.01. The summed E-state index contributed by atoms with van der Waals surface area (Å²) in [6.07, 6.45) is 0. The third-order valence-electron chi connectivity index (χ3n) is 1.18. The van der Waals surface area contributed by atoms with E-state index in [1.807, 2.05) is 0 Å². The van der Waals surface area contributed by atoms with E-state index in [4.69, 9.17) is 0 Å². The molecule has 1 aromatic carbocycles. The molecule has 0 amide bonds. The Balaban J connectivity index is 3.17. The van der Waals surface area contributed by atoms with E-state index in [9.17, 15) is 4.39 Å². The predicted octanol–water partition coefficient (Wildman–Crippen LogP) is 1.63. The van der Waals surface area contributed by atoms with Crippen molar-refractivity contribution >= 4 is 14.5 Å². The zero-order chi connectivity index (χ0) is 6.85. The number of hydrogen-bond acceptors (Lipinski definition) is 0. The lowest BCUT2D eigenvalue weighted by Gasteiger charge is -1.94. The Hall–Kier alpha value is -0.420. The lowest BCUT2D eigenvalue weighted by molar-refractivity contribution is 0.619. The van der Waals surface area contributed by atoms with Gasteiger partial charge in [-0.15, -0.1) is 9.24 Å². The van der Waals surface area contributed by atoms with E-state index in [2.05, 4.69) is 9.24 Å². The first-order valence-corrected chi connectivity index (χ1v) is 3.29. The van der Waals surface area contributed by atoms with Crippen LogP contribution < -0.4 is 5.30 Å². The van der Waals surface area contributed by atoms with Crippen LogP contribution in [0.3, 0.4) is 0 Å². The molecule has 0 aliphatic rings. The lowest BCUT2D eigenvalue weighted by atomic mass is 10.2. The van der Waals surface area contributed by atoms with Gasteiger partial charge in [-0.1, -0.05) is 6.07 Å². The Kier molecular flexibility index (Phi) is 1.82. The van der Waals surface area contributed by atoms with E-state index in [-0.39, 0.29) is 5.82 Å². The molecule has 0 aliphatic carbocycles. The van der Waals surface area contributed by atoms with Crippen molar-refractivity contribution in [2.45, 2.75) is 6.92 Å². The zero-order valence-electron chi connectivity index (χ0n) is 5.19. The molecule has 0 saturated carbocycles. The van der Waals surface area contributed by atoms with Gasteiger partial charge >= 0.3 is 0 Å². The van der Waals surface area contributed by atoms with Crippen LogP contribution in [-0.4, -0.2) is 0 Å². The molecule has 0 spiro atoms. The van der Waals surface area contributed by atoms with Gasteiger partial charge in [0, 0.05) is 0 Å². The van der Waals surface area contributed by atoms with Crippen molar-refractivity contribution in [2.24, 2.45) is 0 Å². The highest BCUT2D eigenvalue weighted by Crippen LogP contribution is 2.03. The van der Waals surface area contributed by atoms with Crippen LogP contribution in [0.5, 0.6) is 0 Å². The molecule has 48 valence electrons. The highest BCUT2D eigenvalue weighted by Gasteiger charge is 1.93. The molecule has 1 atom stereocenters. The summed E-state index contributed by atoms with van der Waals surface area (Å²) in [7, 11) is 2.52. The normalized spacial score (nSPS) is 9.67. The maximum Gasteiger partial charge on any atom is 0.126 e. The average Bonchev–Trinajstić information content (AvgIpc) is 1.80. The molecule has 0 heterocycles. The first-order chi connectivity index (χ1) is 4.20. The van der Waals surface area contributed by atoms with Crippen LogP contribution in [0.1, 0.15) is 5.56 Å². The number of hydrogen-bond donors (Lipinski definition) is 0. The van der Waals surface area contributed by atoms with Gasteiger partial charge in [0.15, 0.2) is 0 Å². The van der Waals surface area contributed by atoms with Gasteiger partial charge in [0.05, 0.1) is 0 Å². The molecule has 0 radical (unpaired) electrons. The SMILES string of the molecule is Cc1cc(P)ccc1F. The van der Waals surface area contributed by atoms with Gasteiger partial charge in [0.25, 0.3) is 0 Å². The Bertz CT molecular complexity index is 220. The summed E-state index contributed by atoms with van der Waals surface area (Å²) in [6.45, 7) is 1.75. The monoisotopic (exact) mass is 142 g/mol. The van der Waals surface area contributed by atoms with E-state index in [1.54, 1.807) is 19.1 Å². The maximum atomic E-state index is 12.5. The topological polar surface area (TPSA) is 0 Å². The molecular weight excluding hydrogens is 134 g/mol. The largest absolute Gasteiger partial charge is 0.207 e. The summed E-state index contributed by atoms with van der Waals surface area (Å²) in [6, 6.07) is 4.99. The molecule has 0 aromatic heterocycles. The highest BCUT2D eigenvalue weighted by atomic mass is 31.0. The number of benzene rings is 1. The van der Waals surface area contributed by atoms with Crippen molar-refractivity contribution in [3.8, 4) is 0 Å². The summed E-state index contributed by atoms with van der Waals surface area (Å²) in [5, 5.41) is 1.02. The second kappa shape index (κ2) is 2.45. The third-order valence-corrected chi connectivity index (χ3v) is 1.54. The minimum Gasteiger partial charge on any atom is -0.207 e. The van der Waals surface area contributed by atoms with Crippen LogP contribution in [0.25, 0.3) is 0 Å². The molecule has 0 aliphatic heterocycles. The van der Waals surface area contributed by atoms with Crippen LogP contribution in [0, 0.1) is 12.7 Å². The average molecular weight is 142 g/mol. The van der Waals surface area contributed by atoms with E-state index >= 15 is 0 Å². The zero-order valence-corrected chi connectivity index (χ0v) is 6.34. The van der Waals surface area contributed by atoms with Crippen LogP contribution in [-0.2, 0) is 0 Å². The Labute approximate surface area is 56.3 Å². The van der Waals surface area contributed by atoms with Gasteiger partial charge in [0.1, 0.15) is 5.82 Å². The second-order valence-corrected chi connectivity index (χ2v) is 2.68. The fourth-order valence-electron chi connectivity index (χ4n) is 0.668. The van der Waals surface area contributed by atoms with Crippen LogP contribution in [0.4, 0.5) is 4.39 Å². The Morgan fingerprint density at radius 1 is 1.44 bits per heavy atom. The molecule has 0 N–H and O–H groups in total. The Morgan fingerprint density at radius 2 is 2.11 bits per heavy atom. The van der Waals surface area contributed by atoms with E-state index < -0.39 is 0 Å². The van der Waals surface area contributed by atoms with Crippen molar-refractivity contribution in [1.82, 2.24) is 0 Å². The van der Waals surface area contributed by atoms with Gasteiger partial charge in [-0.3, -0.25) is 0 Å². The molecule has 1 unspecified atom stereocenters. The molecule has 0 fully saturated rings. The molecule has 0 nitrogen and oxygen atoms in total. The smallest absolute Gasteiger partial charge is 0.126 e. The van der Waals surface area contributed by atoms with Crippen molar-refractivity contribution < 1.29 is 4.39 Å². The number of halogens is 1. The van der Waals surface area contributed by atoms with Crippen molar-refractivity contribution in [1.29, 1.82) is 0 Å². The maximum absolute atomic E-state index is 12.5. The molecule has 1 aromatic rings. The van der Waals surface area contributed by atoms with Gasteiger partial charge in [-0.25, -0.2) is 4.39 Å². The fraction of sp³-hybridized carbons (Fsp3) is 0.143. The molecule has 9 heavy (non-hydrogen) atoms. The highest BCUT2D eigenvalue weighted by molar-refractivity contribution is 7.27. The van der Waals surface area contributed by atoms with Gasteiger partial charge < -0.3 is 0 Å². The third kappa shape index (κ3) is 1.49. The Morgan fingerprint density at radius 3 is 2.56 bits per heavy atom. The molecule has 2 heteroatoms. The summed E-state index contributed by atoms with van der Waals surface area (Å²) >= 11 is 0. The van der Waals surface area contributed by atoms with E-state index in [0.717, 1.165) is 5.30 Å². The minimum atomic E-state index is -0.138. The van der Waals surface area contributed by atoms with Crippen molar-refractivity contribution in [3.05, 3.63) is 29.6 Å². The van der Waals surface area contributed by atoms with Gasteiger partial charge in [0.2, 0.25) is 0 Å². The quantitative estimate of drug-likeness (QED) is 0.483. The van der Waals surface area contributed by atoms with Crippen molar-refractivity contribution in [3.63, 3.8) is 0 Å². The van der Waals surface area contributed by atoms with Crippen LogP contribution in [0.2, 0.25) is 0 Å². The van der Waals surface area contributed by atoms with E-state index in [1.165, 1.54) is 6.07 Å². The van der Waals surface area contributed by atoms with Crippen LogP contribution in [0.15, 0.2) is 18.2 Å². The fourth-order valence-corrected chi connectivity index (χ4v) is 1.01. The molecular formula is C7H8FP. The predicted molar refractivity (Wildman–Crippen MR) is 40.5 cm³/mol. The van der Waals surface area contributed by atoms with Crippen molar-refractivity contribution in [2.75, 3.05) is 0 Å². The first kappa shape index (κ1) is 6.70. The van der Waals surface area contributed by atoms with Gasteiger partial charge in [-0.05, 0) is 29.9 Å². The number of aryl methyl sites for hydroxylation is 1. The summed E-state index contributed by atoms with van der Waals surface area (Å²) in [5.74, 6) is -0.138. The first-order valence-electron chi connectivity index (χ1n) is 2.72. The standard InChI is InChI=1S/C7H8FP/c1-5-4-6(9)2-3-7(5)8/h2-4H,9H2,1H3. The minimum absolute atomic E-state index is 0.138. The molecule has 0 bridgehead atoms. The van der Waals surface area contributed by atoms with Gasteiger partial charge in [-0.2, -0.15) is 0 Å².